The van der Waals surface area contributed by atoms with Crippen LogP contribution in [-0.2, 0) is 0 Å². The molecule has 1 nitrogen and oxygen atoms in total. The number of halogens is 2. The van der Waals surface area contributed by atoms with Crippen molar-refractivity contribution in [2.24, 2.45) is 5.92 Å². The molecule has 1 saturated carbocycles. The third-order valence-electron chi connectivity index (χ3n) is 2.04. The quantitative estimate of drug-likeness (QED) is 0.728. The first kappa shape index (κ1) is 9.37. The summed E-state index contributed by atoms with van der Waals surface area (Å²) in [6.07, 6.45) is 4.35. The van der Waals surface area contributed by atoms with Crippen molar-refractivity contribution in [2.45, 2.75) is 25.8 Å². The minimum absolute atomic E-state index is 0.352. The zero-order valence-corrected chi connectivity index (χ0v) is 8.12. The van der Waals surface area contributed by atoms with Gasteiger partial charge in [-0.25, -0.2) is 0 Å². The molecule has 1 rings (SSSR count). The van der Waals surface area contributed by atoms with Gasteiger partial charge in [0.1, 0.15) is 4.49 Å². The van der Waals surface area contributed by atoms with Gasteiger partial charge in [-0.05, 0) is 24.8 Å². The van der Waals surface area contributed by atoms with Crippen molar-refractivity contribution in [1.29, 1.82) is 0 Å². The van der Waals surface area contributed by atoms with Crippen LogP contribution in [0.5, 0.6) is 0 Å². The predicted molar refractivity (Wildman–Crippen MR) is 50.0 cm³/mol. The summed E-state index contributed by atoms with van der Waals surface area (Å²) in [5.74, 6) is 0.892. The smallest absolute Gasteiger partial charge is 0.104 e. The zero-order chi connectivity index (χ0) is 8.27. The average molecular weight is 194 g/mol. The van der Waals surface area contributed by atoms with Crippen LogP contribution in [0.4, 0.5) is 0 Å². The highest BCUT2D eigenvalue weighted by Gasteiger charge is 2.23. The molecule has 0 aliphatic heterocycles. The van der Waals surface area contributed by atoms with Crippen LogP contribution in [0, 0.1) is 5.92 Å². The van der Waals surface area contributed by atoms with E-state index in [2.05, 4.69) is 12.2 Å². The van der Waals surface area contributed by atoms with Gasteiger partial charge in [-0.15, -0.1) is 0 Å². The van der Waals surface area contributed by atoms with Crippen LogP contribution >= 0.6 is 23.2 Å². The molecule has 0 atom stereocenters. The first-order chi connectivity index (χ1) is 5.18. The van der Waals surface area contributed by atoms with E-state index in [1.807, 2.05) is 0 Å². The van der Waals surface area contributed by atoms with Crippen molar-refractivity contribution in [3.8, 4) is 0 Å². The Morgan fingerprint density at radius 2 is 2.18 bits per heavy atom. The first-order valence-corrected chi connectivity index (χ1v) is 4.68. The standard InChI is InChI=1S/C8H13Cl2N/c1-6-4-7(5-6)11-3-2-8(9)10/h2,6-7,11H,3-5H2,1H3. The van der Waals surface area contributed by atoms with Gasteiger partial charge in [0.25, 0.3) is 0 Å². The van der Waals surface area contributed by atoms with Crippen molar-refractivity contribution in [2.75, 3.05) is 6.54 Å². The average Bonchev–Trinajstić information content (AvgIpc) is 1.83. The van der Waals surface area contributed by atoms with Crippen molar-refractivity contribution >= 4 is 23.2 Å². The van der Waals surface area contributed by atoms with Crippen molar-refractivity contribution in [1.82, 2.24) is 5.32 Å². The van der Waals surface area contributed by atoms with E-state index in [4.69, 9.17) is 23.2 Å². The van der Waals surface area contributed by atoms with E-state index in [1.54, 1.807) is 6.08 Å². The number of rotatable bonds is 3. The van der Waals surface area contributed by atoms with Crippen molar-refractivity contribution in [3.05, 3.63) is 10.6 Å². The summed E-state index contributed by atoms with van der Waals surface area (Å²) < 4.78 is 0.352. The molecule has 11 heavy (non-hydrogen) atoms. The van der Waals surface area contributed by atoms with Crippen LogP contribution in [0.1, 0.15) is 19.8 Å². The molecule has 0 saturated heterocycles. The summed E-state index contributed by atoms with van der Waals surface area (Å²) in [4.78, 5) is 0. The summed E-state index contributed by atoms with van der Waals surface area (Å²) in [5.41, 5.74) is 0. The van der Waals surface area contributed by atoms with Crippen molar-refractivity contribution < 1.29 is 0 Å². The Morgan fingerprint density at radius 3 is 2.64 bits per heavy atom. The van der Waals surface area contributed by atoms with Gasteiger partial charge in [-0.2, -0.15) is 0 Å². The Morgan fingerprint density at radius 1 is 1.55 bits per heavy atom. The Bertz CT molecular complexity index is 146. The molecule has 64 valence electrons. The Balaban J connectivity index is 2.01. The van der Waals surface area contributed by atoms with Gasteiger partial charge in [-0.3, -0.25) is 0 Å². The maximum atomic E-state index is 5.44. The fraction of sp³-hybridized carbons (Fsp3) is 0.750. The number of hydrogen-bond donors (Lipinski definition) is 1. The maximum absolute atomic E-state index is 5.44. The van der Waals surface area contributed by atoms with Gasteiger partial charge in [0, 0.05) is 12.6 Å². The number of nitrogens with one attached hydrogen (secondary N) is 1. The van der Waals surface area contributed by atoms with Crippen LogP contribution < -0.4 is 5.32 Å². The lowest BCUT2D eigenvalue weighted by molar-refractivity contribution is 0.248. The largest absolute Gasteiger partial charge is 0.310 e. The molecule has 1 aliphatic carbocycles. The van der Waals surface area contributed by atoms with E-state index >= 15 is 0 Å². The molecule has 0 amide bonds. The zero-order valence-electron chi connectivity index (χ0n) is 6.61. The van der Waals surface area contributed by atoms with Crippen LogP contribution in [0.25, 0.3) is 0 Å². The Labute approximate surface area is 77.8 Å². The highest BCUT2D eigenvalue weighted by molar-refractivity contribution is 6.55. The third-order valence-corrected chi connectivity index (χ3v) is 2.35. The monoisotopic (exact) mass is 193 g/mol. The van der Waals surface area contributed by atoms with Crippen LogP contribution in [-0.4, -0.2) is 12.6 Å². The van der Waals surface area contributed by atoms with Gasteiger partial charge in [0.05, 0.1) is 0 Å². The van der Waals surface area contributed by atoms with Crippen LogP contribution in [0.2, 0.25) is 0 Å². The molecule has 0 aromatic carbocycles. The van der Waals surface area contributed by atoms with Gasteiger partial charge >= 0.3 is 0 Å². The molecule has 1 N–H and O–H groups in total. The van der Waals surface area contributed by atoms with Gasteiger partial charge in [0.15, 0.2) is 0 Å². The minimum Gasteiger partial charge on any atom is -0.310 e. The second-order valence-corrected chi connectivity index (χ2v) is 4.18. The van der Waals surface area contributed by atoms with Gasteiger partial charge < -0.3 is 5.32 Å². The molecule has 3 heteroatoms. The van der Waals surface area contributed by atoms with E-state index in [-0.39, 0.29) is 0 Å². The SMILES string of the molecule is CC1CC(NCC=C(Cl)Cl)C1. The summed E-state index contributed by atoms with van der Waals surface area (Å²) in [7, 11) is 0. The fourth-order valence-corrected chi connectivity index (χ4v) is 1.53. The molecule has 0 unspecified atom stereocenters. The van der Waals surface area contributed by atoms with E-state index in [0.29, 0.717) is 10.5 Å². The normalized spacial score (nSPS) is 29.4. The summed E-state index contributed by atoms with van der Waals surface area (Å²) in [6.45, 7) is 3.06. The Kier molecular flexibility index (Phi) is 3.70. The highest BCUT2D eigenvalue weighted by Crippen LogP contribution is 2.25. The second kappa shape index (κ2) is 4.34. The number of hydrogen-bond acceptors (Lipinski definition) is 1. The molecule has 1 fully saturated rings. The molecule has 0 spiro atoms. The second-order valence-electron chi connectivity index (χ2n) is 3.18. The third kappa shape index (κ3) is 3.46. The van der Waals surface area contributed by atoms with Crippen LogP contribution in [0.15, 0.2) is 10.6 Å². The van der Waals surface area contributed by atoms with Crippen molar-refractivity contribution in [3.63, 3.8) is 0 Å². The lowest BCUT2D eigenvalue weighted by Gasteiger charge is -2.33. The molecule has 0 radical (unpaired) electrons. The molecule has 0 aromatic rings. The highest BCUT2D eigenvalue weighted by atomic mass is 35.5. The predicted octanol–water partition coefficient (Wildman–Crippen LogP) is 2.69. The summed E-state index contributed by atoms with van der Waals surface area (Å²) in [5, 5.41) is 3.34. The summed E-state index contributed by atoms with van der Waals surface area (Å²) >= 11 is 10.9. The molecule has 0 aromatic heterocycles. The van der Waals surface area contributed by atoms with Gasteiger partial charge in [0.2, 0.25) is 0 Å². The molecule has 0 bridgehead atoms. The molecular weight excluding hydrogens is 181 g/mol. The van der Waals surface area contributed by atoms with E-state index in [1.165, 1.54) is 12.8 Å². The molecule has 0 heterocycles. The lowest BCUT2D eigenvalue weighted by atomic mass is 9.82. The lowest BCUT2D eigenvalue weighted by Crippen LogP contribution is -2.40. The summed E-state index contributed by atoms with van der Waals surface area (Å²) in [6, 6.07) is 0.689. The first-order valence-electron chi connectivity index (χ1n) is 3.93. The molecular formula is C8H13Cl2N. The van der Waals surface area contributed by atoms with E-state index in [9.17, 15) is 0 Å². The van der Waals surface area contributed by atoms with E-state index in [0.717, 1.165) is 12.5 Å². The van der Waals surface area contributed by atoms with E-state index < -0.39 is 0 Å². The molecule has 1 aliphatic rings. The van der Waals surface area contributed by atoms with Crippen LogP contribution in [0.3, 0.4) is 0 Å². The Hall–Kier alpha value is 0.280. The topological polar surface area (TPSA) is 12.0 Å². The van der Waals surface area contributed by atoms with Gasteiger partial charge in [-0.1, -0.05) is 30.1 Å². The fourth-order valence-electron chi connectivity index (χ4n) is 1.37. The maximum Gasteiger partial charge on any atom is 0.104 e. The minimum atomic E-state index is 0.352.